The highest BCUT2D eigenvalue weighted by molar-refractivity contribution is 7.99. The molecule has 1 aromatic heterocycles. The van der Waals surface area contributed by atoms with E-state index < -0.39 is 18.0 Å². The van der Waals surface area contributed by atoms with Gasteiger partial charge in [0, 0.05) is 12.3 Å². The Balaban J connectivity index is 2.45. The monoisotopic (exact) mass is 285 g/mol. The second-order valence-electron chi connectivity index (χ2n) is 3.41. The Morgan fingerprint density at radius 1 is 1.50 bits per heavy atom. The molecule has 0 spiro atoms. The van der Waals surface area contributed by atoms with Crippen molar-refractivity contribution in [1.82, 2.24) is 25.5 Å². The summed E-state index contributed by atoms with van der Waals surface area (Å²) in [6, 6.07) is 0. The van der Waals surface area contributed by atoms with Crippen LogP contribution in [0.5, 0.6) is 0 Å². The van der Waals surface area contributed by atoms with Gasteiger partial charge in [0.2, 0.25) is 5.16 Å². The molecule has 0 aliphatic carbocycles. The van der Waals surface area contributed by atoms with E-state index in [4.69, 9.17) is 5.11 Å². The molecule has 1 rings (SSSR count). The summed E-state index contributed by atoms with van der Waals surface area (Å²) in [5.74, 6) is -0.523. The summed E-state index contributed by atoms with van der Waals surface area (Å²) in [7, 11) is 0. The van der Waals surface area contributed by atoms with Gasteiger partial charge in [-0.3, -0.25) is 0 Å². The number of alkyl halides is 3. The van der Waals surface area contributed by atoms with E-state index in [1.165, 1.54) is 4.68 Å². The van der Waals surface area contributed by atoms with Gasteiger partial charge in [-0.2, -0.15) is 13.2 Å². The molecule has 6 nitrogen and oxygen atoms in total. The van der Waals surface area contributed by atoms with Gasteiger partial charge in [-0.15, -0.1) is 5.10 Å². The number of rotatable bonds is 7. The summed E-state index contributed by atoms with van der Waals surface area (Å²) < 4.78 is 37.7. The molecule has 18 heavy (non-hydrogen) atoms. The van der Waals surface area contributed by atoms with Gasteiger partial charge in [-0.1, -0.05) is 18.7 Å². The molecule has 0 aromatic carbocycles. The first kappa shape index (κ1) is 15.2. The SMILES string of the molecule is CCNCCn1nnnc1SCC(O)C(F)(F)F. The lowest BCUT2D eigenvalue weighted by molar-refractivity contribution is -0.195. The van der Waals surface area contributed by atoms with Gasteiger partial charge in [0.05, 0.1) is 6.54 Å². The minimum absolute atomic E-state index is 0.260. The average molecular weight is 285 g/mol. The largest absolute Gasteiger partial charge is 0.415 e. The van der Waals surface area contributed by atoms with E-state index >= 15 is 0 Å². The number of aromatic nitrogens is 4. The molecule has 0 bridgehead atoms. The Hall–Kier alpha value is -0.870. The predicted octanol–water partition coefficient (Wildman–Crippen LogP) is 0.298. The van der Waals surface area contributed by atoms with Crippen molar-refractivity contribution in [2.45, 2.75) is 30.9 Å². The third-order valence-electron chi connectivity index (χ3n) is 2.00. The molecule has 1 aromatic rings. The van der Waals surface area contributed by atoms with Crippen LogP contribution < -0.4 is 5.32 Å². The van der Waals surface area contributed by atoms with Gasteiger partial charge in [-0.05, 0) is 17.0 Å². The average Bonchev–Trinajstić information content (AvgIpc) is 2.72. The van der Waals surface area contributed by atoms with Gasteiger partial charge in [0.15, 0.2) is 6.10 Å². The number of tetrazole rings is 1. The van der Waals surface area contributed by atoms with E-state index in [0.717, 1.165) is 18.3 Å². The third-order valence-corrected chi connectivity index (χ3v) is 3.03. The summed E-state index contributed by atoms with van der Waals surface area (Å²) >= 11 is 0.776. The summed E-state index contributed by atoms with van der Waals surface area (Å²) in [6.45, 7) is 3.81. The second kappa shape index (κ2) is 6.90. The fourth-order valence-electron chi connectivity index (χ4n) is 1.05. The number of likely N-dealkylation sites (N-methyl/N-ethyl adjacent to an activating group) is 1. The van der Waals surface area contributed by atoms with Crippen molar-refractivity contribution < 1.29 is 18.3 Å². The lowest BCUT2D eigenvalue weighted by atomic mass is 10.4. The van der Waals surface area contributed by atoms with Crippen LogP contribution in [-0.2, 0) is 6.54 Å². The number of halogens is 3. The van der Waals surface area contributed by atoms with Gasteiger partial charge in [0.25, 0.3) is 0 Å². The number of aliphatic hydroxyl groups excluding tert-OH is 1. The van der Waals surface area contributed by atoms with E-state index in [2.05, 4.69) is 20.8 Å². The van der Waals surface area contributed by atoms with Gasteiger partial charge in [-0.25, -0.2) is 4.68 Å². The molecule has 0 aliphatic heterocycles. The predicted molar refractivity (Wildman–Crippen MR) is 59.1 cm³/mol. The molecule has 0 radical (unpaired) electrons. The minimum atomic E-state index is -4.62. The Kier molecular flexibility index (Phi) is 5.82. The normalized spacial score (nSPS) is 13.8. The zero-order valence-corrected chi connectivity index (χ0v) is 10.5. The molecule has 1 atom stereocenters. The van der Waals surface area contributed by atoms with Gasteiger partial charge < -0.3 is 10.4 Å². The highest BCUT2D eigenvalue weighted by atomic mass is 32.2. The standard InChI is InChI=1S/C8H14F3N5OS/c1-2-12-3-4-16-7(13-14-15-16)18-5-6(17)8(9,10)11/h6,12,17H,2-5H2,1H3. The lowest BCUT2D eigenvalue weighted by Gasteiger charge is -2.13. The van der Waals surface area contributed by atoms with Crippen LogP contribution in [0.15, 0.2) is 5.16 Å². The molecule has 10 heteroatoms. The van der Waals surface area contributed by atoms with E-state index in [1.807, 2.05) is 6.92 Å². The Labute approximate surface area is 106 Å². The summed E-state index contributed by atoms with van der Waals surface area (Å²) in [6.07, 6.45) is -6.99. The lowest BCUT2D eigenvalue weighted by Crippen LogP contribution is -2.30. The van der Waals surface area contributed by atoms with Crippen LogP contribution in [-0.4, -0.2) is 56.4 Å². The molecule has 2 N–H and O–H groups in total. The minimum Gasteiger partial charge on any atom is -0.383 e. The molecule has 0 aliphatic rings. The van der Waals surface area contributed by atoms with E-state index in [0.29, 0.717) is 13.1 Å². The molecule has 0 saturated carbocycles. The molecule has 104 valence electrons. The van der Waals surface area contributed by atoms with Crippen molar-refractivity contribution in [3.8, 4) is 0 Å². The molecule has 1 heterocycles. The number of nitrogens with one attached hydrogen (secondary N) is 1. The van der Waals surface area contributed by atoms with Crippen LogP contribution in [0.1, 0.15) is 6.92 Å². The van der Waals surface area contributed by atoms with E-state index in [-0.39, 0.29) is 5.16 Å². The summed E-state index contributed by atoms with van der Waals surface area (Å²) in [5.41, 5.74) is 0. The van der Waals surface area contributed by atoms with E-state index in [1.54, 1.807) is 0 Å². The number of hydrogen-bond donors (Lipinski definition) is 2. The molecule has 1 unspecified atom stereocenters. The molecule has 0 amide bonds. The maximum atomic E-state index is 12.1. The van der Waals surface area contributed by atoms with Gasteiger partial charge in [0.1, 0.15) is 0 Å². The van der Waals surface area contributed by atoms with Crippen molar-refractivity contribution in [2.24, 2.45) is 0 Å². The highest BCUT2D eigenvalue weighted by Crippen LogP contribution is 2.25. The van der Waals surface area contributed by atoms with Crippen molar-refractivity contribution in [2.75, 3.05) is 18.8 Å². The Morgan fingerprint density at radius 3 is 2.83 bits per heavy atom. The smallest absolute Gasteiger partial charge is 0.383 e. The van der Waals surface area contributed by atoms with Crippen molar-refractivity contribution in [3.63, 3.8) is 0 Å². The maximum Gasteiger partial charge on any atom is 0.415 e. The van der Waals surface area contributed by atoms with Crippen LogP contribution in [0.4, 0.5) is 13.2 Å². The van der Waals surface area contributed by atoms with Crippen molar-refractivity contribution in [3.05, 3.63) is 0 Å². The maximum absolute atomic E-state index is 12.1. The van der Waals surface area contributed by atoms with Gasteiger partial charge >= 0.3 is 6.18 Å². The van der Waals surface area contributed by atoms with Crippen LogP contribution in [0, 0.1) is 0 Å². The quantitative estimate of drug-likeness (QED) is 0.554. The molecular weight excluding hydrogens is 271 g/mol. The zero-order valence-electron chi connectivity index (χ0n) is 9.68. The number of nitrogens with zero attached hydrogens (tertiary/aromatic N) is 4. The zero-order chi connectivity index (χ0) is 13.6. The Bertz CT molecular complexity index is 359. The number of hydrogen-bond acceptors (Lipinski definition) is 6. The molecular formula is C8H14F3N5OS. The Morgan fingerprint density at radius 2 is 2.22 bits per heavy atom. The van der Waals surface area contributed by atoms with Crippen LogP contribution >= 0.6 is 11.8 Å². The van der Waals surface area contributed by atoms with Crippen molar-refractivity contribution >= 4 is 11.8 Å². The number of aliphatic hydroxyl groups is 1. The van der Waals surface area contributed by atoms with Crippen LogP contribution in [0.2, 0.25) is 0 Å². The second-order valence-corrected chi connectivity index (χ2v) is 4.39. The first-order chi connectivity index (χ1) is 8.45. The fourth-order valence-corrected chi connectivity index (χ4v) is 1.92. The fraction of sp³-hybridized carbons (Fsp3) is 0.875. The first-order valence-electron chi connectivity index (χ1n) is 5.29. The number of thioether (sulfide) groups is 1. The van der Waals surface area contributed by atoms with Crippen molar-refractivity contribution in [1.29, 1.82) is 0 Å². The van der Waals surface area contributed by atoms with Crippen LogP contribution in [0.3, 0.4) is 0 Å². The summed E-state index contributed by atoms with van der Waals surface area (Å²) in [5, 5.41) is 22.8. The molecule has 0 saturated heterocycles. The highest BCUT2D eigenvalue weighted by Gasteiger charge is 2.38. The topological polar surface area (TPSA) is 75.9 Å². The van der Waals surface area contributed by atoms with E-state index in [9.17, 15) is 13.2 Å². The third kappa shape index (κ3) is 4.78. The first-order valence-corrected chi connectivity index (χ1v) is 6.28. The van der Waals surface area contributed by atoms with Crippen LogP contribution in [0.25, 0.3) is 0 Å². The summed E-state index contributed by atoms with van der Waals surface area (Å²) in [4.78, 5) is 0. The molecule has 0 fully saturated rings.